The van der Waals surface area contributed by atoms with Crippen LogP contribution >= 0.6 is 0 Å². The van der Waals surface area contributed by atoms with Crippen molar-refractivity contribution in [3.8, 4) is 59.7 Å². The molecule has 0 amide bonds. The fourth-order valence-corrected chi connectivity index (χ4v) is 3.53. The summed E-state index contributed by atoms with van der Waals surface area (Å²) >= 11 is 0. The van der Waals surface area contributed by atoms with E-state index in [2.05, 4.69) is 59.4 Å². The first kappa shape index (κ1) is 33.2. The first-order valence-corrected chi connectivity index (χ1v) is 13.8. The lowest BCUT2D eigenvalue weighted by Gasteiger charge is -2.00. The summed E-state index contributed by atoms with van der Waals surface area (Å²) in [5, 5.41) is 17.7. The molecule has 0 aliphatic carbocycles. The van der Waals surface area contributed by atoms with Crippen LogP contribution in [0.2, 0.25) is 0 Å². The number of rotatable bonds is 19. The van der Waals surface area contributed by atoms with Crippen LogP contribution in [0.1, 0.15) is 116 Å². The summed E-state index contributed by atoms with van der Waals surface area (Å²) in [6.45, 7) is -0.154. The second-order valence-electron chi connectivity index (χ2n) is 8.80. The molecule has 0 saturated carbocycles. The first-order chi connectivity index (χ1) is 17.8. The number of aliphatic hydroxyl groups is 2. The Morgan fingerprint density at radius 3 is 1.67 bits per heavy atom. The van der Waals surface area contributed by atoms with Crippen LogP contribution < -0.4 is 0 Å². The monoisotopic (exact) mass is 486 g/mol. The van der Waals surface area contributed by atoms with Crippen LogP contribution in [0.25, 0.3) is 0 Å². The second kappa shape index (κ2) is 30.2. The Balaban J connectivity index is 3.35. The Labute approximate surface area is 222 Å². The predicted molar refractivity (Wildman–Crippen MR) is 154 cm³/mol. The summed E-state index contributed by atoms with van der Waals surface area (Å²) in [6, 6.07) is 0. The van der Waals surface area contributed by atoms with Gasteiger partial charge in [-0.25, -0.2) is 0 Å². The van der Waals surface area contributed by atoms with Gasteiger partial charge in [0.25, 0.3) is 0 Å². The third-order valence-corrected chi connectivity index (χ3v) is 5.58. The average molecular weight is 487 g/mol. The number of hydrogen-bond acceptors (Lipinski definition) is 2. The summed E-state index contributed by atoms with van der Waals surface area (Å²) in [4.78, 5) is 0. The minimum Gasteiger partial charge on any atom is -0.384 e. The molecule has 0 aromatic heterocycles. The molecule has 0 fully saturated rings. The van der Waals surface area contributed by atoms with Gasteiger partial charge in [0.2, 0.25) is 0 Å². The predicted octanol–water partition coefficient (Wildman–Crippen LogP) is 7.12. The van der Waals surface area contributed by atoms with Crippen molar-refractivity contribution in [2.24, 2.45) is 0 Å². The molecule has 0 aliphatic heterocycles. The van der Waals surface area contributed by atoms with E-state index in [9.17, 15) is 5.11 Å². The highest BCUT2D eigenvalue weighted by Crippen LogP contribution is 2.11. The van der Waals surface area contributed by atoms with E-state index >= 15 is 0 Å². The Bertz CT molecular complexity index is 856. The number of hydrogen-bond donors (Lipinski definition) is 2. The third kappa shape index (κ3) is 29.2. The molecule has 36 heavy (non-hydrogen) atoms. The fourth-order valence-electron chi connectivity index (χ4n) is 3.53. The van der Waals surface area contributed by atoms with E-state index in [0.29, 0.717) is 0 Å². The Kier molecular flexibility index (Phi) is 27.9. The molecule has 0 radical (unpaired) electrons. The van der Waals surface area contributed by atoms with Crippen LogP contribution in [0.5, 0.6) is 0 Å². The molecule has 0 saturated heterocycles. The minimum absolute atomic E-state index is 0.154. The van der Waals surface area contributed by atoms with Crippen LogP contribution in [0.3, 0.4) is 0 Å². The van der Waals surface area contributed by atoms with Gasteiger partial charge >= 0.3 is 0 Å². The van der Waals surface area contributed by atoms with Gasteiger partial charge in [-0.2, -0.15) is 0 Å². The first-order valence-electron chi connectivity index (χ1n) is 13.8. The van der Waals surface area contributed by atoms with Gasteiger partial charge in [-0.3, -0.25) is 0 Å². The smallest absolute Gasteiger partial charge is 0.133 e. The lowest BCUT2D eigenvalue weighted by molar-refractivity contribution is 0.280. The lowest BCUT2D eigenvalue weighted by atomic mass is 10.1. The molecule has 2 heteroatoms. The van der Waals surface area contributed by atoms with Gasteiger partial charge in [-0.05, 0) is 74.4 Å². The number of aliphatic hydroxyl groups excluding tert-OH is 2. The Morgan fingerprint density at radius 1 is 0.583 bits per heavy atom. The van der Waals surface area contributed by atoms with E-state index in [1.54, 1.807) is 6.08 Å². The van der Waals surface area contributed by atoms with Crippen LogP contribution in [-0.4, -0.2) is 22.9 Å². The third-order valence-electron chi connectivity index (χ3n) is 5.58. The molecule has 0 heterocycles. The van der Waals surface area contributed by atoms with Gasteiger partial charge < -0.3 is 10.2 Å². The van der Waals surface area contributed by atoms with Crippen molar-refractivity contribution in [3.63, 3.8) is 0 Å². The zero-order valence-electron chi connectivity index (χ0n) is 22.3. The van der Waals surface area contributed by atoms with Crippen LogP contribution in [0.4, 0.5) is 0 Å². The highest BCUT2D eigenvalue weighted by Gasteiger charge is 1.93. The number of unbranched alkanes of at least 4 members (excludes halogenated alkanes) is 16. The molecule has 0 aromatic carbocycles. The van der Waals surface area contributed by atoms with Gasteiger partial charge in [0.1, 0.15) is 12.7 Å². The van der Waals surface area contributed by atoms with Crippen molar-refractivity contribution in [1.29, 1.82) is 0 Å². The van der Waals surface area contributed by atoms with E-state index in [0.717, 1.165) is 32.1 Å². The minimum atomic E-state index is -0.730. The number of allylic oxidation sites excluding steroid dienone is 3. The van der Waals surface area contributed by atoms with Gasteiger partial charge in [0.15, 0.2) is 0 Å². The standard InChI is InChI=1S/C34H46O2/c1-2-34(36)32-30-28-26-24-22-20-18-16-14-12-10-8-6-4-3-5-7-9-11-13-15-17-19-21-23-25-27-29-31-33-35/h1,8,10,30,32,34-36H,3,5,7,9,11-20,22,24,26,28,33H2/b10-8-,32-30+/t34-/m0/s1. The topological polar surface area (TPSA) is 40.5 Å². The van der Waals surface area contributed by atoms with E-state index in [1.165, 1.54) is 83.5 Å². The number of terminal acetylenes is 1. The molecular formula is C34H46O2. The summed E-state index contributed by atoms with van der Waals surface area (Å²) < 4.78 is 0. The summed E-state index contributed by atoms with van der Waals surface area (Å²) in [5.41, 5.74) is 0. The molecule has 0 aliphatic rings. The van der Waals surface area contributed by atoms with E-state index in [1.807, 2.05) is 12.2 Å². The van der Waals surface area contributed by atoms with Crippen LogP contribution in [0.15, 0.2) is 24.3 Å². The maximum Gasteiger partial charge on any atom is 0.133 e. The molecule has 0 bridgehead atoms. The van der Waals surface area contributed by atoms with Crippen LogP contribution in [-0.2, 0) is 0 Å². The highest BCUT2D eigenvalue weighted by atomic mass is 16.3. The van der Waals surface area contributed by atoms with Crippen molar-refractivity contribution in [1.82, 2.24) is 0 Å². The van der Waals surface area contributed by atoms with Gasteiger partial charge in [-0.15, -0.1) is 6.42 Å². The van der Waals surface area contributed by atoms with Crippen molar-refractivity contribution < 1.29 is 10.2 Å². The molecule has 0 unspecified atom stereocenters. The molecule has 2 nitrogen and oxygen atoms in total. The van der Waals surface area contributed by atoms with E-state index in [4.69, 9.17) is 11.5 Å². The van der Waals surface area contributed by atoms with E-state index < -0.39 is 6.10 Å². The van der Waals surface area contributed by atoms with Crippen molar-refractivity contribution in [3.05, 3.63) is 24.3 Å². The fraction of sp³-hybridized carbons (Fsp3) is 0.588. The Hall–Kier alpha value is -2.80. The SMILES string of the molecule is C#C[C@H](O)/C=C/CCCCCCCCC/C=C\C#CCCCCCCCCCC#CC#CC#CCO. The van der Waals surface area contributed by atoms with Gasteiger partial charge in [0, 0.05) is 12.8 Å². The van der Waals surface area contributed by atoms with Crippen LogP contribution in [0, 0.1) is 59.7 Å². The molecular weight excluding hydrogens is 440 g/mol. The maximum absolute atomic E-state index is 9.22. The molecule has 1 atom stereocenters. The van der Waals surface area contributed by atoms with E-state index in [-0.39, 0.29) is 6.61 Å². The average Bonchev–Trinajstić information content (AvgIpc) is 2.89. The quantitative estimate of drug-likeness (QED) is 0.116. The van der Waals surface area contributed by atoms with Crippen molar-refractivity contribution >= 4 is 0 Å². The normalized spacial score (nSPS) is 10.8. The molecule has 194 valence electrons. The lowest BCUT2D eigenvalue weighted by Crippen LogP contribution is -1.95. The maximum atomic E-state index is 9.22. The molecule has 0 aromatic rings. The van der Waals surface area contributed by atoms with Gasteiger partial charge in [0.05, 0.1) is 0 Å². The summed E-state index contributed by atoms with van der Waals surface area (Å²) in [7, 11) is 0. The Morgan fingerprint density at radius 2 is 1.08 bits per heavy atom. The summed E-state index contributed by atoms with van der Waals surface area (Å²) in [5.74, 6) is 24.8. The summed E-state index contributed by atoms with van der Waals surface area (Å²) in [6.07, 6.45) is 34.0. The van der Waals surface area contributed by atoms with Gasteiger partial charge in [-0.1, -0.05) is 106 Å². The zero-order valence-corrected chi connectivity index (χ0v) is 22.3. The van der Waals surface area contributed by atoms with Crippen molar-refractivity contribution in [2.45, 2.75) is 122 Å². The zero-order chi connectivity index (χ0) is 26.2. The molecule has 0 spiro atoms. The largest absolute Gasteiger partial charge is 0.384 e. The van der Waals surface area contributed by atoms with Crippen molar-refractivity contribution in [2.75, 3.05) is 6.61 Å². The second-order valence-corrected chi connectivity index (χ2v) is 8.80. The molecule has 0 rings (SSSR count). The molecule has 2 N–H and O–H groups in total. The highest BCUT2D eigenvalue weighted by molar-refractivity contribution is 5.35.